The number of rotatable bonds is 3. The van der Waals surface area contributed by atoms with Crippen molar-refractivity contribution >= 4 is 29.1 Å². The fourth-order valence-corrected chi connectivity index (χ4v) is 2.73. The topological polar surface area (TPSA) is 92.3 Å². The molecule has 0 saturated heterocycles. The van der Waals surface area contributed by atoms with Crippen molar-refractivity contribution in [2.24, 2.45) is 0 Å². The molecule has 0 fully saturated rings. The number of hydrogen-bond acceptors (Lipinski definition) is 5. The second-order valence-electron chi connectivity index (χ2n) is 5.77. The predicted molar refractivity (Wildman–Crippen MR) is 94.0 cm³/mol. The van der Waals surface area contributed by atoms with Crippen LogP contribution in [-0.2, 0) is 0 Å². The maximum absolute atomic E-state index is 12.9. The maximum atomic E-state index is 12.9. The molecule has 3 amide bonds. The van der Waals surface area contributed by atoms with Gasteiger partial charge >= 0.3 is 0 Å². The van der Waals surface area contributed by atoms with Crippen molar-refractivity contribution in [3.05, 3.63) is 83.4 Å². The van der Waals surface area contributed by atoms with Crippen LogP contribution in [0, 0.1) is 5.82 Å². The fraction of sp³-hybridized carbons (Fsp3) is 0. The van der Waals surface area contributed by atoms with Crippen molar-refractivity contribution in [3.63, 3.8) is 0 Å². The number of hydrogen-bond donors (Lipinski definition) is 1. The molecule has 1 aliphatic rings. The minimum absolute atomic E-state index is 0.188. The number of nitrogens with one attached hydrogen (secondary N) is 1. The molecule has 0 spiro atoms. The third kappa shape index (κ3) is 2.93. The number of fused-ring (bicyclic) bond motifs is 1. The standard InChI is InChI=1S/C19H11FN4O3/c20-12-3-5-13(6-4-12)23-17(25)11-1-7-14(8-2-11)24-18(26)15-9-21-22-10-16(15)19(24)27/h1-10H,(H,23,25). The molecular formula is C19H11FN4O3. The molecule has 0 unspecified atom stereocenters. The number of benzene rings is 2. The van der Waals surface area contributed by atoms with Crippen LogP contribution in [0.15, 0.2) is 60.9 Å². The Labute approximate surface area is 152 Å². The first-order valence-corrected chi connectivity index (χ1v) is 7.91. The van der Waals surface area contributed by atoms with E-state index in [1.165, 1.54) is 60.9 Å². The Morgan fingerprint density at radius 2 is 1.41 bits per heavy atom. The Bertz CT molecular complexity index is 1030. The quantitative estimate of drug-likeness (QED) is 0.723. The summed E-state index contributed by atoms with van der Waals surface area (Å²) in [5, 5.41) is 9.89. The van der Waals surface area contributed by atoms with E-state index >= 15 is 0 Å². The van der Waals surface area contributed by atoms with Gasteiger partial charge < -0.3 is 5.32 Å². The molecule has 132 valence electrons. The highest BCUT2D eigenvalue weighted by Gasteiger charge is 2.37. The van der Waals surface area contributed by atoms with Gasteiger partial charge in [0.25, 0.3) is 17.7 Å². The summed E-state index contributed by atoms with van der Waals surface area (Å²) >= 11 is 0. The van der Waals surface area contributed by atoms with Crippen LogP contribution in [0.5, 0.6) is 0 Å². The lowest BCUT2D eigenvalue weighted by molar-refractivity contribution is 0.0925. The Hall–Kier alpha value is -3.94. The van der Waals surface area contributed by atoms with Crippen LogP contribution in [0.2, 0.25) is 0 Å². The molecule has 1 aromatic heterocycles. The number of carbonyl (C=O) groups is 3. The normalized spacial score (nSPS) is 12.9. The predicted octanol–water partition coefficient (Wildman–Crippen LogP) is 2.67. The molecule has 3 aromatic rings. The number of carbonyl (C=O) groups excluding carboxylic acids is 3. The van der Waals surface area contributed by atoms with Gasteiger partial charge in [-0.05, 0) is 48.5 Å². The smallest absolute Gasteiger partial charge is 0.267 e. The first-order chi connectivity index (χ1) is 13.0. The van der Waals surface area contributed by atoms with Crippen molar-refractivity contribution in [1.29, 1.82) is 0 Å². The summed E-state index contributed by atoms with van der Waals surface area (Å²) in [4.78, 5) is 38.1. The number of imide groups is 1. The number of amides is 3. The molecule has 1 N–H and O–H groups in total. The molecule has 7 nitrogen and oxygen atoms in total. The van der Waals surface area contributed by atoms with E-state index in [-0.39, 0.29) is 11.1 Å². The van der Waals surface area contributed by atoms with Crippen molar-refractivity contribution < 1.29 is 18.8 Å². The zero-order chi connectivity index (χ0) is 19.0. The summed E-state index contributed by atoms with van der Waals surface area (Å²) in [5.41, 5.74) is 1.48. The average molecular weight is 362 g/mol. The van der Waals surface area contributed by atoms with Gasteiger partial charge in [-0.15, -0.1) is 0 Å². The lowest BCUT2D eigenvalue weighted by Crippen LogP contribution is -2.29. The van der Waals surface area contributed by atoms with Crippen LogP contribution < -0.4 is 10.2 Å². The molecule has 0 saturated carbocycles. The number of halogens is 1. The molecule has 4 rings (SSSR count). The Balaban J connectivity index is 1.54. The average Bonchev–Trinajstić information content (AvgIpc) is 2.95. The molecule has 2 heterocycles. The summed E-state index contributed by atoms with van der Waals surface area (Å²) in [6, 6.07) is 11.4. The van der Waals surface area contributed by atoms with E-state index in [4.69, 9.17) is 0 Å². The van der Waals surface area contributed by atoms with Crippen LogP contribution in [0.4, 0.5) is 15.8 Å². The molecule has 1 aliphatic heterocycles. The maximum Gasteiger partial charge on any atom is 0.267 e. The molecule has 2 aromatic carbocycles. The molecular weight excluding hydrogens is 351 g/mol. The number of nitrogens with zero attached hydrogens (tertiary/aromatic N) is 3. The summed E-state index contributed by atoms with van der Waals surface area (Å²) < 4.78 is 12.9. The van der Waals surface area contributed by atoms with E-state index in [9.17, 15) is 18.8 Å². The van der Waals surface area contributed by atoms with Gasteiger partial charge in [0.1, 0.15) is 5.82 Å². The SMILES string of the molecule is O=C(Nc1ccc(F)cc1)c1ccc(N2C(=O)c3cnncc3C2=O)cc1. The van der Waals surface area contributed by atoms with E-state index in [0.717, 1.165) is 4.90 Å². The Kier molecular flexibility index (Phi) is 3.92. The summed E-state index contributed by atoms with van der Waals surface area (Å²) in [5.74, 6) is -1.78. The van der Waals surface area contributed by atoms with Gasteiger partial charge in [-0.3, -0.25) is 14.4 Å². The van der Waals surface area contributed by atoms with Crippen LogP contribution >= 0.6 is 0 Å². The highest BCUT2D eigenvalue weighted by molar-refractivity contribution is 6.34. The van der Waals surface area contributed by atoms with Crippen LogP contribution in [0.25, 0.3) is 0 Å². The number of anilines is 2. The highest BCUT2D eigenvalue weighted by Crippen LogP contribution is 2.27. The van der Waals surface area contributed by atoms with Crippen LogP contribution in [0.1, 0.15) is 31.1 Å². The van der Waals surface area contributed by atoms with Crippen molar-refractivity contribution in [1.82, 2.24) is 10.2 Å². The highest BCUT2D eigenvalue weighted by atomic mass is 19.1. The van der Waals surface area contributed by atoms with Crippen molar-refractivity contribution in [2.45, 2.75) is 0 Å². The second-order valence-corrected chi connectivity index (χ2v) is 5.77. The largest absolute Gasteiger partial charge is 0.322 e. The van der Waals surface area contributed by atoms with Gasteiger partial charge in [0.2, 0.25) is 0 Å². The van der Waals surface area contributed by atoms with Crippen molar-refractivity contribution in [3.8, 4) is 0 Å². The van der Waals surface area contributed by atoms with Gasteiger partial charge in [0, 0.05) is 11.3 Å². The summed E-state index contributed by atoms with van der Waals surface area (Å²) in [7, 11) is 0. The number of aromatic nitrogens is 2. The zero-order valence-corrected chi connectivity index (χ0v) is 13.7. The molecule has 8 heteroatoms. The van der Waals surface area contributed by atoms with Gasteiger partial charge in [0.05, 0.1) is 29.2 Å². The lowest BCUT2D eigenvalue weighted by Gasteiger charge is -2.14. The Morgan fingerprint density at radius 1 is 0.852 bits per heavy atom. The van der Waals surface area contributed by atoms with E-state index in [1.807, 2.05) is 0 Å². The summed E-state index contributed by atoms with van der Waals surface area (Å²) in [6.45, 7) is 0. The van der Waals surface area contributed by atoms with E-state index in [0.29, 0.717) is 16.9 Å². The zero-order valence-electron chi connectivity index (χ0n) is 13.7. The lowest BCUT2D eigenvalue weighted by atomic mass is 10.1. The van der Waals surface area contributed by atoms with Crippen LogP contribution in [-0.4, -0.2) is 27.9 Å². The minimum Gasteiger partial charge on any atom is -0.322 e. The fourth-order valence-electron chi connectivity index (χ4n) is 2.73. The van der Waals surface area contributed by atoms with Gasteiger partial charge in [0.15, 0.2) is 0 Å². The molecule has 27 heavy (non-hydrogen) atoms. The van der Waals surface area contributed by atoms with E-state index in [1.54, 1.807) is 0 Å². The molecule has 0 radical (unpaired) electrons. The summed E-state index contributed by atoms with van der Waals surface area (Å²) in [6.07, 6.45) is 2.50. The van der Waals surface area contributed by atoms with Gasteiger partial charge in [-0.25, -0.2) is 9.29 Å². The van der Waals surface area contributed by atoms with Gasteiger partial charge in [-0.2, -0.15) is 10.2 Å². The Morgan fingerprint density at radius 3 is 1.96 bits per heavy atom. The first-order valence-electron chi connectivity index (χ1n) is 7.91. The van der Waals surface area contributed by atoms with Crippen molar-refractivity contribution in [2.75, 3.05) is 10.2 Å². The first kappa shape index (κ1) is 16.5. The van der Waals surface area contributed by atoms with E-state index < -0.39 is 23.5 Å². The minimum atomic E-state index is -0.492. The van der Waals surface area contributed by atoms with Crippen LogP contribution in [0.3, 0.4) is 0 Å². The molecule has 0 atom stereocenters. The molecule has 0 bridgehead atoms. The molecule has 0 aliphatic carbocycles. The second kappa shape index (κ2) is 6.41. The van der Waals surface area contributed by atoms with Gasteiger partial charge in [-0.1, -0.05) is 0 Å². The third-order valence-electron chi connectivity index (χ3n) is 4.09. The third-order valence-corrected chi connectivity index (χ3v) is 4.09. The van der Waals surface area contributed by atoms with E-state index in [2.05, 4.69) is 15.5 Å². The monoisotopic (exact) mass is 362 g/mol.